The van der Waals surface area contributed by atoms with Crippen LogP contribution >= 0.6 is 0 Å². The summed E-state index contributed by atoms with van der Waals surface area (Å²) in [5.74, 6) is 0.268. The van der Waals surface area contributed by atoms with Gasteiger partial charge >= 0.3 is 0 Å². The summed E-state index contributed by atoms with van der Waals surface area (Å²) in [5.41, 5.74) is 1.85. The minimum atomic E-state index is -1.62. The van der Waals surface area contributed by atoms with E-state index in [-0.39, 0.29) is 16.7 Å². The molecule has 0 saturated heterocycles. The highest BCUT2D eigenvalue weighted by Crippen LogP contribution is 2.28. The molecule has 28 heavy (non-hydrogen) atoms. The predicted octanol–water partition coefficient (Wildman–Crippen LogP) is 3.36. The van der Waals surface area contributed by atoms with Crippen molar-refractivity contribution in [1.82, 2.24) is 9.21 Å². The Morgan fingerprint density at radius 3 is 2.79 bits per heavy atom. The van der Waals surface area contributed by atoms with Crippen LogP contribution in [0, 0.1) is 11.7 Å². The van der Waals surface area contributed by atoms with Gasteiger partial charge in [0.05, 0.1) is 24.5 Å². The number of fused-ring (bicyclic) bond motifs is 1. The van der Waals surface area contributed by atoms with E-state index in [0.29, 0.717) is 26.2 Å². The van der Waals surface area contributed by atoms with E-state index < -0.39 is 17.2 Å². The van der Waals surface area contributed by atoms with Crippen LogP contribution in [-0.2, 0) is 29.2 Å². The monoisotopic (exact) mass is 404 g/mol. The Morgan fingerprint density at radius 2 is 2.07 bits per heavy atom. The molecule has 0 saturated carbocycles. The predicted molar refractivity (Wildman–Crippen MR) is 106 cm³/mol. The highest BCUT2D eigenvalue weighted by molar-refractivity contribution is 7.89. The minimum absolute atomic E-state index is 0.0622. The Bertz CT molecular complexity index is 846. The molecule has 0 aromatic heterocycles. The second-order valence-corrected chi connectivity index (χ2v) is 8.64. The number of carbonyl (C=O) groups is 1. The van der Waals surface area contributed by atoms with Gasteiger partial charge in [-0.1, -0.05) is 32.0 Å². The van der Waals surface area contributed by atoms with Crippen molar-refractivity contribution in [2.75, 3.05) is 20.2 Å². The lowest BCUT2D eigenvalue weighted by Crippen LogP contribution is -2.33. The number of rotatable bonds is 5. The Morgan fingerprint density at radius 1 is 1.32 bits per heavy atom. The smallest absolute Gasteiger partial charge is 0.225 e. The molecule has 0 radical (unpaired) electrons. The molecular formula is C21H25FN2O3S. The number of amides is 1. The summed E-state index contributed by atoms with van der Waals surface area (Å²) >= 11 is -1.62. The first kappa shape index (κ1) is 20.6. The zero-order valence-electron chi connectivity index (χ0n) is 16.4. The highest BCUT2D eigenvalue weighted by Gasteiger charge is 2.29. The number of hydrogen-bond acceptors (Lipinski definition) is 4. The van der Waals surface area contributed by atoms with Crippen LogP contribution in [0.1, 0.15) is 25.0 Å². The first-order chi connectivity index (χ1) is 13.4. The molecular weight excluding hydrogens is 379 g/mol. The van der Waals surface area contributed by atoms with Crippen molar-refractivity contribution >= 4 is 17.3 Å². The minimum Gasteiger partial charge on any atom is -0.593 e. The van der Waals surface area contributed by atoms with Crippen molar-refractivity contribution in [3.8, 4) is 5.75 Å². The van der Waals surface area contributed by atoms with E-state index in [1.54, 1.807) is 34.5 Å². The van der Waals surface area contributed by atoms with Gasteiger partial charge in [0.2, 0.25) is 10.8 Å². The Hall–Kier alpha value is -2.09. The van der Waals surface area contributed by atoms with Crippen LogP contribution in [0.3, 0.4) is 0 Å². The van der Waals surface area contributed by atoms with E-state index in [2.05, 4.69) is 0 Å². The first-order valence-corrected chi connectivity index (χ1v) is 10.4. The van der Waals surface area contributed by atoms with Crippen molar-refractivity contribution in [3.63, 3.8) is 0 Å². The lowest BCUT2D eigenvalue weighted by molar-refractivity contribution is -0.133. The molecule has 5 nitrogen and oxygen atoms in total. The second-order valence-electron chi connectivity index (χ2n) is 7.18. The van der Waals surface area contributed by atoms with Crippen LogP contribution < -0.4 is 4.74 Å². The zero-order valence-corrected chi connectivity index (χ0v) is 17.2. The molecule has 7 heteroatoms. The maximum atomic E-state index is 14.1. The number of ether oxygens (including phenoxy) is 1. The molecule has 0 spiro atoms. The van der Waals surface area contributed by atoms with Crippen molar-refractivity contribution in [2.24, 2.45) is 5.92 Å². The van der Waals surface area contributed by atoms with Crippen LogP contribution in [0.4, 0.5) is 4.39 Å². The SMILES string of the molecule is CC(C)C(=O)N(C)Cc1ccc2c(c1)CN([S+]([O-])c1ccccc1F)CCO2. The van der Waals surface area contributed by atoms with Gasteiger partial charge in [-0.15, -0.1) is 4.31 Å². The van der Waals surface area contributed by atoms with Crippen LogP contribution in [0.15, 0.2) is 47.4 Å². The van der Waals surface area contributed by atoms with E-state index in [1.807, 2.05) is 32.0 Å². The highest BCUT2D eigenvalue weighted by atomic mass is 32.2. The summed E-state index contributed by atoms with van der Waals surface area (Å²) < 4.78 is 34.4. The third-order valence-corrected chi connectivity index (χ3v) is 6.11. The third kappa shape index (κ3) is 4.66. The molecule has 2 aromatic rings. The third-order valence-electron chi connectivity index (χ3n) is 4.62. The van der Waals surface area contributed by atoms with Gasteiger partial charge in [0.1, 0.15) is 12.4 Å². The number of hydrogen-bond donors (Lipinski definition) is 0. The summed E-state index contributed by atoms with van der Waals surface area (Å²) in [6.07, 6.45) is 0. The van der Waals surface area contributed by atoms with Crippen LogP contribution in [0.5, 0.6) is 5.75 Å². The average Bonchev–Trinajstić information content (AvgIpc) is 2.89. The molecule has 3 rings (SSSR count). The fourth-order valence-corrected chi connectivity index (χ4v) is 4.39. The summed E-state index contributed by atoms with van der Waals surface area (Å²) in [6.45, 7) is 5.42. The van der Waals surface area contributed by atoms with Crippen LogP contribution in [-0.4, -0.2) is 39.9 Å². The second kappa shape index (κ2) is 8.94. The standard InChI is InChI=1S/C21H25FN2O3S/c1-15(2)21(25)23(3)13-16-8-9-19-17(12-16)14-24(10-11-27-19)28(26)20-7-5-4-6-18(20)22/h4-9,12,15H,10-11,13-14H2,1-3H3. The molecule has 1 aliphatic rings. The molecule has 1 atom stereocenters. The van der Waals surface area contributed by atoms with Crippen molar-refractivity contribution in [3.05, 3.63) is 59.4 Å². The number of halogens is 1. The summed E-state index contributed by atoms with van der Waals surface area (Å²) in [4.78, 5) is 14.0. The maximum Gasteiger partial charge on any atom is 0.225 e. The lowest BCUT2D eigenvalue weighted by atomic mass is 10.1. The molecule has 1 heterocycles. The molecule has 0 bridgehead atoms. The van der Waals surface area contributed by atoms with Gasteiger partial charge in [0, 0.05) is 25.1 Å². The molecule has 0 fully saturated rings. The summed E-state index contributed by atoms with van der Waals surface area (Å²) in [7, 11) is 1.78. The fourth-order valence-electron chi connectivity index (χ4n) is 3.18. The van der Waals surface area contributed by atoms with E-state index in [9.17, 15) is 13.7 Å². The van der Waals surface area contributed by atoms with E-state index >= 15 is 0 Å². The van der Waals surface area contributed by atoms with E-state index in [0.717, 1.165) is 16.9 Å². The number of carbonyl (C=O) groups excluding carboxylic acids is 1. The Kier molecular flexibility index (Phi) is 6.59. The fraction of sp³-hybridized carbons (Fsp3) is 0.381. The van der Waals surface area contributed by atoms with Crippen molar-refractivity contribution < 1.29 is 18.5 Å². The van der Waals surface area contributed by atoms with Crippen LogP contribution in [0.2, 0.25) is 0 Å². The molecule has 0 N–H and O–H groups in total. The van der Waals surface area contributed by atoms with Gasteiger partial charge in [0.25, 0.3) is 0 Å². The molecule has 1 unspecified atom stereocenters. The zero-order chi connectivity index (χ0) is 20.3. The average molecular weight is 405 g/mol. The van der Waals surface area contributed by atoms with Crippen LogP contribution in [0.25, 0.3) is 0 Å². The number of nitrogens with zero attached hydrogens (tertiary/aromatic N) is 2. The lowest BCUT2D eigenvalue weighted by Gasteiger charge is -2.22. The van der Waals surface area contributed by atoms with E-state index in [1.165, 1.54) is 6.07 Å². The van der Waals surface area contributed by atoms with Gasteiger partial charge in [-0.2, -0.15) is 0 Å². The van der Waals surface area contributed by atoms with Gasteiger partial charge in [-0.25, -0.2) is 4.39 Å². The van der Waals surface area contributed by atoms with Crippen molar-refractivity contribution in [1.29, 1.82) is 0 Å². The van der Waals surface area contributed by atoms with Gasteiger partial charge in [-0.3, -0.25) is 4.79 Å². The topological polar surface area (TPSA) is 55.8 Å². The molecule has 150 valence electrons. The quantitative estimate of drug-likeness (QED) is 0.717. The van der Waals surface area contributed by atoms with Gasteiger partial charge in [0.15, 0.2) is 5.82 Å². The molecule has 0 aliphatic carbocycles. The molecule has 1 aliphatic heterocycles. The van der Waals surface area contributed by atoms with Gasteiger partial charge in [-0.05, 0) is 29.8 Å². The molecule has 1 amide bonds. The number of benzene rings is 2. The summed E-state index contributed by atoms with van der Waals surface area (Å²) in [5, 5.41) is 0. The van der Waals surface area contributed by atoms with Gasteiger partial charge < -0.3 is 14.2 Å². The Balaban J connectivity index is 1.79. The largest absolute Gasteiger partial charge is 0.593 e. The normalized spacial score (nSPS) is 15.5. The van der Waals surface area contributed by atoms with E-state index in [4.69, 9.17) is 4.74 Å². The maximum absolute atomic E-state index is 14.1. The Labute approximate surface area is 168 Å². The first-order valence-electron chi connectivity index (χ1n) is 9.27. The van der Waals surface area contributed by atoms with Crippen molar-refractivity contribution in [2.45, 2.75) is 31.8 Å². The molecule has 2 aromatic carbocycles. The summed E-state index contributed by atoms with van der Waals surface area (Å²) in [6, 6.07) is 11.9.